The van der Waals surface area contributed by atoms with Crippen LogP contribution in [0.5, 0.6) is 0 Å². The molecular formula is C25H29N5. The maximum absolute atomic E-state index is 3.90. The lowest BCUT2D eigenvalue weighted by Crippen LogP contribution is -2.35. The van der Waals surface area contributed by atoms with Crippen LogP contribution in [0.15, 0.2) is 73.4 Å². The van der Waals surface area contributed by atoms with Gasteiger partial charge in [-0.15, -0.1) is 10.2 Å². The molecule has 5 rings (SSSR count). The number of hydrogen-bond donors (Lipinski definition) is 0. The smallest absolute Gasteiger partial charge is 0.123 e. The summed E-state index contributed by atoms with van der Waals surface area (Å²) < 4.78 is 4.33. The standard InChI is InChI=1S/C25H29N5/c1-2-5-21(6-3-1)17-22-9-14-28(15-10-22)12-4-13-29-16-11-23-18-24(7-8-25(23)29)30-19-26-27-20-30/h1-3,5-8,11,16,18-20,22H,4,9-10,12-15,17H2. The molecule has 4 aromatic rings. The van der Waals surface area contributed by atoms with Crippen LogP contribution >= 0.6 is 0 Å². The Morgan fingerprint density at radius 1 is 0.867 bits per heavy atom. The summed E-state index contributed by atoms with van der Waals surface area (Å²) in [6.07, 6.45) is 10.8. The van der Waals surface area contributed by atoms with Gasteiger partial charge in [0.25, 0.3) is 0 Å². The van der Waals surface area contributed by atoms with E-state index in [1.54, 1.807) is 12.7 Å². The number of benzene rings is 2. The van der Waals surface area contributed by atoms with Crippen molar-refractivity contribution in [1.29, 1.82) is 0 Å². The Bertz CT molecular complexity index is 1060. The van der Waals surface area contributed by atoms with Crippen molar-refractivity contribution < 1.29 is 0 Å². The topological polar surface area (TPSA) is 38.9 Å². The highest BCUT2D eigenvalue weighted by atomic mass is 15.2. The van der Waals surface area contributed by atoms with E-state index >= 15 is 0 Å². The second-order valence-electron chi connectivity index (χ2n) is 8.45. The zero-order valence-corrected chi connectivity index (χ0v) is 17.4. The highest BCUT2D eigenvalue weighted by molar-refractivity contribution is 5.82. The molecule has 1 saturated heterocycles. The summed E-state index contributed by atoms with van der Waals surface area (Å²) in [5.41, 5.74) is 3.89. The lowest BCUT2D eigenvalue weighted by Gasteiger charge is -2.32. The third-order valence-electron chi connectivity index (χ3n) is 6.42. The fraction of sp³-hybridized carbons (Fsp3) is 0.360. The van der Waals surface area contributed by atoms with Gasteiger partial charge in [-0.2, -0.15) is 0 Å². The minimum absolute atomic E-state index is 0.844. The Labute approximate surface area is 178 Å². The van der Waals surface area contributed by atoms with Crippen molar-refractivity contribution in [3.05, 3.63) is 79.0 Å². The second-order valence-corrected chi connectivity index (χ2v) is 8.45. The summed E-state index contributed by atoms with van der Waals surface area (Å²) in [6.45, 7) is 4.74. The van der Waals surface area contributed by atoms with Gasteiger partial charge in [-0.3, -0.25) is 4.57 Å². The van der Waals surface area contributed by atoms with Gasteiger partial charge in [-0.1, -0.05) is 30.3 Å². The third-order valence-corrected chi connectivity index (χ3v) is 6.42. The van der Waals surface area contributed by atoms with Crippen LogP contribution in [0.3, 0.4) is 0 Å². The molecule has 0 saturated carbocycles. The van der Waals surface area contributed by atoms with Crippen LogP contribution in [0, 0.1) is 5.92 Å². The Morgan fingerprint density at radius 2 is 1.67 bits per heavy atom. The number of aromatic nitrogens is 4. The highest BCUT2D eigenvalue weighted by Crippen LogP contribution is 2.23. The van der Waals surface area contributed by atoms with Crippen molar-refractivity contribution in [2.45, 2.75) is 32.2 Å². The summed E-state index contributed by atoms with van der Waals surface area (Å²) in [5, 5.41) is 9.06. The molecule has 1 aliphatic heterocycles. The Morgan fingerprint density at radius 3 is 2.47 bits per heavy atom. The molecule has 2 aromatic carbocycles. The van der Waals surface area contributed by atoms with Gasteiger partial charge in [0.2, 0.25) is 0 Å². The molecule has 0 aliphatic carbocycles. The minimum atomic E-state index is 0.844. The predicted molar refractivity (Wildman–Crippen MR) is 121 cm³/mol. The predicted octanol–water partition coefficient (Wildman–Crippen LogP) is 4.57. The molecule has 1 aliphatic rings. The maximum Gasteiger partial charge on any atom is 0.123 e. The third kappa shape index (κ3) is 4.31. The van der Waals surface area contributed by atoms with Crippen molar-refractivity contribution >= 4 is 10.9 Å². The molecule has 0 N–H and O–H groups in total. The molecule has 154 valence electrons. The summed E-state index contributed by atoms with van der Waals surface area (Å²) in [4.78, 5) is 2.65. The zero-order valence-electron chi connectivity index (χ0n) is 17.4. The van der Waals surface area contributed by atoms with Crippen LogP contribution in [0.1, 0.15) is 24.8 Å². The number of aryl methyl sites for hydroxylation is 1. The van der Waals surface area contributed by atoms with E-state index in [9.17, 15) is 0 Å². The van der Waals surface area contributed by atoms with Crippen molar-refractivity contribution in [2.75, 3.05) is 19.6 Å². The molecule has 0 bridgehead atoms. The molecule has 30 heavy (non-hydrogen) atoms. The van der Waals surface area contributed by atoms with Gasteiger partial charge in [0.15, 0.2) is 0 Å². The maximum atomic E-state index is 3.90. The lowest BCUT2D eigenvalue weighted by atomic mass is 9.90. The molecule has 5 heteroatoms. The van der Waals surface area contributed by atoms with E-state index in [0.29, 0.717) is 0 Å². The zero-order chi connectivity index (χ0) is 20.2. The molecule has 0 spiro atoms. The normalized spacial score (nSPS) is 15.7. The van der Waals surface area contributed by atoms with E-state index in [0.717, 1.165) is 18.2 Å². The summed E-state index contributed by atoms with van der Waals surface area (Å²) in [5.74, 6) is 0.844. The van der Waals surface area contributed by atoms with Gasteiger partial charge in [-0.05, 0) is 81.1 Å². The molecule has 0 amide bonds. The average molecular weight is 400 g/mol. The highest BCUT2D eigenvalue weighted by Gasteiger charge is 2.19. The van der Waals surface area contributed by atoms with Gasteiger partial charge >= 0.3 is 0 Å². The Balaban J connectivity index is 1.11. The number of rotatable bonds is 7. The van der Waals surface area contributed by atoms with Crippen LogP contribution < -0.4 is 0 Å². The average Bonchev–Trinajstić information content (AvgIpc) is 3.46. The number of hydrogen-bond acceptors (Lipinski definition) is 3. The van der Waals surface area contributed by atoms with Crippen LogP contribution in [0.2, 0.25) is 0 Å². The Hall–Kier alpha value is -2.92. The fourth-order valence-corrected chi connectivity index (χ4v) is 4.70. The SMILES string of the molecule is c1ccc(CC2CCN(CCCn3ccc4cc(-n5cnnc5)ccc43)CC2)cc1. The molecular weight excluding hydrogens is 370 g/mol. The molecule has 3 heterocycles. The monoisotopic (exact) mass is 399 g/mol. The van der Waals surface area contributed by atoms with E-state index in [1.807, 2.05) is 4.57 Å². The van der Waals surface area contributed by atoms with E-state index in [-0.39, 0.29) is 0 Å². The fourth-order valence-electron chi connectivity index (χ4n) is 4.70. The second kappa shape index (κ2) is 8.84. The van der Waals surface area contributed by atoms with Crippen molar-refractivity contribution in [3.8, 4) is 5.69 Å². The van der Waals surface area contributed by atoms with Gasteiger partial charge in [0.1, 0.15) is 12.7 Å². The number of piperidine rings is 1. The number of fused-ring (bicyclic) bond motifs is 1. The quantitative estimate of drug-likeness (QED) is 0.457. The lowest BCUT2D eigenvalue weighted by molar-refractivity contribution is 0.180. The van der Waals surface area contributed by atoms with Gasteiger partial charge in [0, 0.05) is 29.3 Å². The molecule has 1 fully saturated rings. The Kier molecular flexibility index (Phi) is 5.62. The molecule has 0 unspecified atom stereocenters. The summed E-state index contributed by atoms with van der Waals surface area (Å²) >= 11 is 0. The van der Waals surface area contributed by atoms with E-state index < -0.39 is 0 Å². The largest absolute Gasteiger partial charge is 0.347 e. The van der Waals surface area contributed by atoms with Gasteiger partial charge in [-0.25, -0.2) is 0 Å². The van der Waals surface area contributed by atoms with Crippen molar-refractivity contribution in [1.82, 2.24) is 24.2 Å². The van der Waals surface area contributed by atoms with E-state index in [2.05, 4.69) is 80.5 Å². The first-order chi connectivity index (χ1) is 14.8. The summed E-state index contributed by atoms with van der Waals surface area (Å²) in [7, 11) is 0. The number of nitrogens with zero attached hydrogens (tertiary/aromatic N) is 5. The van der Waals surface area contributed by atoms with Crippen LogP contribution in [-0.4, -0.2) is 43.9 Å². The van der Waals surface area contributed by atoms with Gasteiger partial charge < -0.3 is 9.47 Å². The molecule has 5 nitrogen and oxygen atoms in total. The molecule has 0 radical (unpaired) electrons. The van der Waals surface area contributed by atoms with E-state index in [1.165, 1.54) is 61.8 Å². The van der Waals surface area contributed by atoms with E-state index in [4.69, 9.17) is 0 Å². The van der Waals surface area contributed by atoms with Crippen LogP contribution in [0.25, 0.3) is 16.6 Å². The first kappa shape index (κ1) is 19.1. The molecule has 2 aromatic heterocycles. The van der Waals surface area contributed by atoms with Crippen LogP contribution in [-0.2, 0) is 13.0 Å². The van der Waals surface area contributed by atoms with Gasteiger partial charge in [0.05, 0.1) is 0 Å². The summed E-state index contributed by atoms with van der Waals surface area (Å²) in [6, 6.07) is 19.7. The first-order valence-electron chi connectivity index (χ1n) is 11.1. The van der Waals surface area contributed by atoms with Crippen molar-refractivity contribution in [2.24, 2.45) is 5.92 Å². The molecule has 0 atom stereocenters. The van der Waals surface area contributed by atoms with Crippen LogP contribution in [0.4, 0.5) is 0 Å². The minimum Gasteiger partial charge on any atom is -0.347 e. The van der Waals surface area contributed by atoms with Crippen molar-refractivity contribution in [3.63, 3.8) is 0 Å². The first-order valence-corrected chi connectivity index (χ1v) is 11.1. The number of likely N-dealkylation sites (tertiary alicyclic amines) is 1.